The molecular formula is C59H111NO3. The first-order chi connectivity index (χ1) is 31.2. The number of nitrogens with one attached hydrogen (secondary N) is 1. The van der Waals surface area contributed by atoms with Gasteiger partial charge in [-0.05, 0) is 64.2 Å². The van der Waals surface area contributed by atoms with Gasteiger partial charge >= 0.3 is 0 Å². The molecule has 0 aliphatic carbocycles. The van der Waals surface area contributed by atoms with Gasteiger partial charge in [-0.25, -0.2) is 0 Å². The van der Waals surface area contributed by atoms with Gasteiger partial charge in [0.2, 0.25) is 5.91 Å². The molecule has 0 aliphatic heterocycles. The van der Waals surface area contributed by atoms with E-state index in [9.17, 15) is 15.0 Å². The van der Waals surface area contributed by atoms with Gasteiger partial charge in [0.05, 0.1) is 18.8 Å². The maximum Gasteiger partial charge on any atom is 0.220 e. The standard InChI is InChI=1S/C59H111NO3/c1-3-5-7-9-11-13-15-17-19-20-21-22-23-24-25-26-27-28-29-30-31-32-33-34-35-36-37-38-39-40-41-43-45-47-49-51-53-55-59(63)60-57(56-61)58(62)54-52-50-48-46-44-42-18-16-14-12-10-8-6-4-2/h25-26,28-29,44,46,52,54,57-58,61-62H,3-24,27,30-43,45,47-51,53,55-56H2,1-2H3,(H,60,63)/b26-25-,29-28-,46-44+,54-52+. The highest BCUT2D eigenvalue weighted by Gasteiger charge is 2.18. The largest absolute Gasteiger partial charge is 0.394 e. The number of amides is 1. The van der Waals surface area contributed by atoms with E-state index in [0.717, 1.165) is 38.5 Å². The van der Waals surface area contributed by atoms with Crippen LogP contribution < -0.4 is 5.32 Å². The van der Waals surface area contributed by atoms with Crippen LogP contribution in [-0.2, 0) is 4.79 Å². The fourth-order valence-electron chi connectivity index (χ4n) is 8.70. The van der Waals surface area contributed by atoms with E-state index in [0.29, 0.717) is 6.42 Å². The van der Waals surface area contributed by atoms with Gasteiger partial charge in [0.25, 0.3) is 0 Å². The smallest absolute Gasteiger partial charge is 0.220 e. The molecule has 3 N–H and O–H groups in total. The highest BCUT2D eigenvalue weighted by Crippen LogP contribution is 2.17. The van der Waals surface area contributed by atoms with Gasteiger partial charge in [0, 0.05) is 6.42 Å². The van der Waals surface area contributed by atoms with E-state index >= 15 is 0 Å². The molecule has 0 bridgehead atoms. The SMILES string of the molecule is CCCCCCCCCC/C=C/CC/C=C/C(O)C(CO)NC(=O)CCCCCCCCCCCCCCCCCCC/C=C\C/C=C\CCCCCCCCCCCCCCC. The van der Waals surface area contributed by atoms with Gasteiger partial charge < -0.3 is 15.5 Å². The quantitative estimate of drug-likeness (QED) is 0.0421. The van der Waals surface area contributed by atoms with Gasteiger partial charge in [-0.3, -0.25) is 4.79 Å². The van der Waals surface area contributed by atoms with Gasteiger partial charge in [0.1, 0.15) is 0 Å². The van der Waals surface area contributed by atoms with E-state index < -0.39 is 12.1 Å². The lowest BCUT2D eigenvalue weighted by molar-refractivity contribution is -0.123. The Balaban J connectivity index is 3.44. The molecule has 0 aliphatic rings. The number of aliphatic hydroxyl groups is 2. The number of carbonyl (C=O) groups excluding carboxylic acids is 1. The number of hydrogen-bond acceptors (Lipinski definition) is 3. The molecule has 0 rings (SSSR count). The van der Waals surface area contributed by atoms with Crippen molar-refractivity contribution in [1.29, 1.82) is 0 Å². The van der Waals surface area contributed by atoms with Crippen LogP contribution in [0.15, 0.2) is 48.6 Å². The Bertz CT molecular complexity index is 1000. The highest BCUT2D eigenvalue weighted by atomic mass is 16.3. The first-order valence-corrected chi connectivity index (χ1v) is 28.4. The molecule has 2 atom stereocenters. The number of hydrogen-bond donors (Lipinski definition) is 3. The Hall–Kier alpha value is -1.65. The first kappa shape index (κ1) is 61.4. The third kappa shape index (κ3) is 51.2. The minimum absolute atomic E-state index is 0.0717. The summed E-state index contributed by atoms with van der Waals surface area (Å²) in [7, 11) is 0. The summed E-state index contributed by atoms with van der Waals surface area (Å²) in [6.07, 6.45) is 75.8. The molecule has 4 heteroatoms. The molecule has 0 aromatic carbocycles. The predicted octanol–water partition coefficient (Wildman–Crippen LogP) is 18.6. The van der Waals surface area contributed by atoms with Gasteiger partial charge in [-0.2, -0.15) is 0 Å². The molecule has 0 aromatic heterocycles. The van der Waals surface area contributed by atoms with Crippen molar-refractivity contribution >= 4 is 5.91 Å². The fraction of sp³-hybridized carbons (Fsp3) is 0.847. The van der Waals surface area contributed by atoms with Crippen LogP contribution in [-0.4, -0.2) is 34.9 Å². The zero-order valence-electron chi connectivity index (χ0n) is 42.6. The van der Waals surface area contributed by atoms with Crippen molar-refractivity contribution in [3.05, 3.63) is 48.6 Å². The summed E-state index contributed by atoms with van der Waals surface area (Å²) in [6.45, 7) is 4.31. The van der Waals surface area contributed by atoms with E-state index in [1.165, 1.54) is 244 Å². The summed E-state index contributed by atoms with van der Waals surface area (Å²) in [5, 5.41) is 23.0. The van der Waals surface area contributed by atoms with Crippen LogP contribution in [0.2, 0.25) is 0 Å². The highest BCUT2D eigenvalue weighted by molar-refractivity contribution is 5.76. The van der Waals surface area contributed by atoms with E-state index in [4.69, 9.17) is 0 Å². The third-order valence-corrected chi connectivity index (χ3v) is 13.0. The summed E-state index contributed by atoms with van der Waals surface area (Å²) >= 11 is 0. The Kier molecular flexibility index (Phi) is 53.3. The molecule has 0 saturated carbocycles. The zero-order valence-corrected chi connectivity index (χ0v) is 42.6. The topological polar surface area (TPSA) is 69.6 Å². The zero-order chi connectivity index (χ0) is 45.6. The maximum absolute atomic E-state index is 12.4. The number of rotatable bonds is 52. The number of allylic oxidation sites excluding steroid dienone is 7. The van der Waals surface area contributed by atoms with E-state index in [-0.39, 0.29) is 12.5 Å². The molecule has 0 saturated heterocycles. The summed E-state index contributed by atoms with van der Waals surface area (Å²) in [5.74, 6) is -0.0717. The van der Waals surface area contributed by atoms with E-state index in [1.807, 2.05) is 6.08 Å². The average molecular weight is 883 g/mol. The predicted molar refractivity (Wildman–Crippen MR) is 281 cm³/mol. The lowest BCUT2D eigenvalue weighted by Crippen LogP contribution is -2.45. The van der Waals surface area contributed by atoms with Crippen LogP contribution in [0.1, 0.15) is 303 Å². The Morgan fingerprint density at radius 2 is 0.667 bits per heavy atom. The molecule has 0 radical (unpaired) electrons. The van der Waals surface area contributed by atoms with E-state index in [2.05, 4.69) is 55.6 Å². The van der Waals surface area contributed by atoms with Gasteiger partial charge in [0.15, 0.2) is 0 Å². The van der Waals surface area contributed by atoms with Crippen molar-refractivity contribution in [2.24, 2.45) is 0 Å². The molecule has 0 aromatic rings. The van der Waals surface area contributed by atoms with Crippen LogP contribution in [0.3, 0.4) is 0 Å². The second kappa shape index (κ2) is 54.7. The second-order valence-electron chi connectivity index (χ2n) is 19.3. The molecule has 4 nitrogen and oxygen atoms in total. The van der Waals surface area contributed by atoms with Crippen molar-refractivity contribution < 1.29 is 15.0 Å². The summed E-state index contributed by atoms with van der Waals surface area (Å²) in [4.78, 5) is 12.4. The monoisotopic (exact) mass is 882 g/mol. The van der Waals surface area contributed by atoms with Crippen LogP contribution in [0, 0.1) is 0 Å². The van der Waals surface area contributed by atoms with Gasteiger partial charge in [-0.15, -0.1) is 0 Å². The first-order valence-electron chi connectivity index (χ1n) is 28.4. The molecule has 63 heavy (non-hydrogen) atoms. The van der Waals surface area contributed by atoms with Crippen LogP contribution in [0.25, 0.3) is 0 Å². The summed E-state index contributed by atoms with van der Waals surface area (Å²) < 4.78 is 0. The summed E-state index contributed by atoms with van der Waals surface area (Å²) in [5.41, 5.74) is 0. The number of unbranched alkanes of at least 4 members (excludes halogenated alkanes) is 39. The van der Waals surface area contributed by atoms with Gasteiger partial charge in [-0.1, -0.05) is 281 Å². The van der Waals surface area contributed by atoms with Crippen LogP contribution in [0.5, 0.6) is 0 Å². The molecular weight excluding hydrogens is 771 g/mol. The molecule has 2 unspecified atom stereocenters. The lowest BCUT2D eigenvalue weighted by Gasteiger charge is -2.19. The van der Waals surface area contributed by atoms with Crippen LogP contribution in [0.4, 0.5) is 0 Å². The lowest BCUT2D eigenvalue weighted by atomic mass is 10.0. The Labute approximate surface area is 394 Å². The van der Waals surface area contributed by atoms with Crippen molar-refractivity contribution in [2.45, 2.75) is 315 Å². The van der Waals surface area contributed by atoms with Crippen molar-refractivity contribution in [1.82, 2.24) is 5.32 Å². The van der Waals surface area contributed by atoms with Crippen molar-refractivity contribution in [3.63, 3.8) is 0 Å². The Morgan fingerprint density at radius 3 is 1.02 bits per heavy atom. The maximum atomic E-state index is 12.4. The fourth-order valence-corrected chi connectivity index (χ4v) is 8.70. The molecule has 0 heterocycles. The molecule has 1 amide bonds. The number of aliphatic hydroxyl groups excluding tert-OH is 2. The number of carbonyl (C=O) groups is 1. The minimum Gasteiger partial charge on any atom is -0.394 e. The van der Waals surface area contributed by atoms with Crippen molar-refractivity contribution in [3.8, 4) is 0 Å². The Morgan fingerprint density at radius 1 is 0.381 bits per heavy atom. The molecule has 0 fully saturated rings. The second-order valence-corrected chi connectivity index (χ2v) is 19.3. The van der Waals surface area contributed by atoms with Crippen LogP contribution >= 0.6 is 0 Å². The average Bonchev–Trinajstić information content (AvgIpc) is 3.29. The minimum atomic E-state index is -0.861. The normalized spacial score (nSPS) is 13.1. The molecule has 0 spiro atoms. The molecule has 370 valence electrons. The third-order valence-electron chi connectivity index (χ3n) is 13.0. The summed E-state index contributed by atoms with van der Waals surface area (Å²) in [6, 6.07) is -0.638. The van der Waals surface area contributed by atoms with E-state index in [1.54, 1.807) is 6.08 Å². The van der Waals surface area contributed by atoms with Crippen molar-refractivity contribution in [2.75, 3.05) is 6.61 Å².